The molecular weight excluding hydrogens is 270 g/mol. The molecule has 2 heterocycles. The van der Waals surface area contributed by atoms with Crippen LogP contribution in [0.5, 0.6) is 0 Å². The predicted molar refractivity (Wildman–Crippen MR) is 78.9 cm³/mol. The Labute approximate surface area is 125 Å². The number of piperazine rings is 1. The molecule has 0 aliphatic carbocycles. The van der Waals surface area contributed by atoms with Crippen LogP contribution in [-0.2, 0) is 6.54 Å². The number of urea groups is 1. The summed E-state index contributed by atoms with van der Waals surface area (Å²) >= 11 is 0. The largest absolute Gasteiger partial charge is 0.424 e. The molecule has 0 aromatic carbocycles. The molecule has 1 N–H and O–H groups in total. The lowest BCUT2D eigenvalue weighted by atomic mass is 10.2. The van der Waals surface area contributed by atoms with Gasteiger partial charge in [0, 0.05) is 38.6 Å². The van der Waals surface area contributed by atoms with Crippen LogP contribution in [0, 0.1) is 0 Å². The number of nitrogens with zero attached hydrogens (tertiary/aromatic N) is 4. The van der Waals surface area contributed by atoms with Crippen LogP contribution in [0.1, 0.15) is 44.9 Å². The van der Waals surface area contributed by atoms with Gasteiger partial charge in [0.15, 0.2) is 0 Å². The molecule has 1 aliphatic rings. The zero-order valence-electron chi connectivity index (χ0n) is 13.1. The molecule has 1 aromatic heterocycles. The third kappa shape index (κ3) is 4.42. The third-order valence-electron chi connectivity index (χ3n) is 3.52. The minimum Gasteiger partial charge on any atom is -0.424 e. The van der Waals surface area contributed by atoms with E-state index in [2.05, 4.69) is 20.4 Å². The molecule has 2 rings (SSSR count). The van der Waals surface area contributed by atoms with Crippen LogP contribution in [0.2, 0.25) is 0 Å². The molecule has 1 aromatic rings. The second kappa shape index (κ2) is 7.40. The average Bonchev–Trinajstić information content (AvgIpc) is 2.94. The molecule has 0 atom stereocenters. The molecular formula is C14H25N5O2. The first kappa shape index (κ1) is 15.8. The Bertz CT molecular complexity index is 452. The monoisotopic (exact) mass is 295 g/mol. The van der Waals surface area contributed by atoms with Crippen molar-refractivity contribution in [1.82, 2.24) is 25.3 Å². The van der Waals surface area contributed by atoms with Gasteiger partial charge in [-0.1, -0.05) is 20.8 Å². The number of carbonyl (C=O) groups is 1. The number of hydrogen-bond donors (Lipinski definition) is 1. The van der Waals surface area contributed by atoms with E-state index >= 15 is 0 Å². The molecule has 0 unspecified atom stereocenters. The number of rotatable bonds is 5. The highest BCUT2D eigenvalue weighted by molar-refractivity contribution is 5.74. The van der Waals surface area contributed by atoms with E-state index in [9.17, 15) is 4.79 Å². The first-order valence-electron chi connectivity index (χ1n) is 7.67. The molecule has 7 nitrogen and oxygen atoms in total. The normalized spacial score (nSPS) is 16.5. The van der Waals surface area contributed by atoms with E-state index in [0.29, 0.717) is 18.3 Å². The van der Waals surface area contributed by atoms with E-state index in [1.807, 2.05) is 25.7 Å². The summed E-state index contributed by atoms with van der Waals surface area (Å²) in [5.41, 5.74) is 0. The number of carbonyl (C=O) groups excluding carboxylic acids is 1. The first-order chi connectivity index (χ1) is 10.1. The van der Waals surface area contributed by atoms with Gasteiger partial charge in [-0.3, -0.25) is 4.90 Å². The zero-order chi connectivity index (χ0) is 15.2. The van der Waals surface area contributed by atoms with Crippen LogP contribution in [0.4, 0.5) is 4.79 Å². The summed E-state index contributed by atoms with van der Waals surface area (Å²) < 4.78 is 5.62. The van der Waals surface area contributed by atoms with E-state index in [1.165, 1.54) is 0 Å². The Balaban J connectivity index is 1.77. The molecule has 1 fully saturated rings. The van der Waals surface area contributed by atoms with Gasteiger partial charge in [0.2, 0.25) is 11.8 Å². The van der Waals surface area contributed by atoms with Crippen LogP contribution in [0.15, 0.2) is 4.42 Å². The Kier molecular flexibility index (Phi) is 5.55. The van der Waals surface area contributed by atoms with Gasteiger partial charge in [-0.25, -0.2) is 4.79 Å². The van der Waals surface area contributed by atoms with Gasteiger partial charge >= 0.3 is 6.03 Å². The van der Waals surface area contributed by atoms with Crippen molar-refractivity contribution in [3.63, 3.8) is 0 Å². The van der Waals surface area contributed by atoms with E-state index in [4.69, 9.17) is 4.42 Å². The fourth-order valence-electron chi connectivity index (χ4n) is 2.21. The molecule has 0 spiro atoms. The van der Waals surface area contributed by atoms with Crippen molar-refractivity contribution < 1.29 is 9.21 Å². The summed E-state index contributed by atoms with van der Waals surface area (Å²) in [6.45, 7) is 10.6. The fourth-order valence-corrected chi connectivity index (χ4v) is 2.21. The molecule has 118 valence electrons. The highest BCUT2D eigenvalue weighted by Gasteiger charge is 2.22. The highest BCUT2D eigenvalue weighted by atomic mass is 16.4. The SMILES string of the molecule is CCCNC(=O)N1CCN(Cc2nnc(C(C)C)o2)CC1. The van der Waals surface area contributed by atoms with Gasteiger partial charge in [-0.2, -0.15) is 0 Å². The van der Waals surface area contributed by atoms with Crippen LogP contribution in [-0.4, -0.2) is 58.8 Å². The standard InChI is InChI=1S/C14H25N5O2/c1-4-5-15-14(20)19-8-6-18(7-9-19)10-12-16-17-13(21-12)11(2)3/h11H,4-10H2,1-3H3,(H,15,20). The van der Waals surface area contributed by atoms with Crippen LogP contribution < -0.4 is 5.32 Å². The van der Waals surface area contributed by atoms with Gasteiger partial charge < -0.3 is 14.6 Å². The summed E-state index contributed by atoms with van der Waals surface area (Å²) in [6, 6.07) is 0.0383. The smallest absolute Gasteiger partial charge is 0.317 e. The Hall–Kier alpha value is -1.63. The second-order valence-corrected chi connectivity index (χ2v) is 5.68. The predicted octanol–water partition coefficient (Wildman–Crippen LogP) is 1.43. The van der Waals surface area contributed by atoms with Gasteiger partial charge in [-0.05, 0) is 6.42 Å². The highest BCUT2D eigenvalue weighted by Crippen LogP contribution is 2.14. The van der Waals surface area contributed by atoms with Crippen molar-refractivity contribution in [2.45, 2.75) is 39.7 Å². The number of aromatic nitrogens is 2. The van der Waals surface area contributed by atoms with Gasteiger partial charge in [0.25, 0.3) is 0 Å². The van der Waals surface area contributed by atoms with Crippen molar-refractivity contribution in [3.05, 3.63) is 11.8 Å². The van der Waals surface area contributed by atoms with Crippen molar-refractivity contribution >= 4 is 6.03 Å². The molecule has 0 bridgehead atoms. The zero-order valence-corrected chi connectivity index (χ0v) is 13.1. The van der Waals surface area contributed by atoms with E-state index < -0.39 is 0 Å². The van der Waals surface area contributed by atoms with E-state index in [-0.39, 0.29) is 11.9 Å². The molecule has 7 heteroatoms. The maximum Gasteiger partial charge on any atom is 0.317 e. The lowest BCUT2D eigenvalue weighted by Gasteiger charge is -2.33. The number of nitrogens with one attached hydrogen (secondary N) is 1. The summed E-state index contributed by atoms with van der Waals surface area (Å²) in [4.78, 5) is 16.0. The van der Waals surface area contributed by atoms with Gasteiger partial charge in [0.05, 0.1) is 6.54 Å². The molecule has 2 amide bonds. The third-order valence-corrected chi connectivity index (χ3v) is 3.52. The maximum absolute atomic E-state index is 11.9. The van der Waals surface area contributed by atoms with Crippen molar-refractivity contribution in [1.29, 1.82) is 0 Å². The molecule has 1 saturated heterocycles. The summed E-state index contributed by atoms with van der Waals surface area (Å²) in [5.74, 6) is 1.59. The van der Waals surface area contributed by atoms with Crippen molar-refractivity contribution in [3.8, 4) is 0 Å². The van der Waals surface area contributed by atoms with Crippen molar-refractivity contribution in [2.75, 3.05) is 32.7 Å². The summed E-state index contributed by atoms with van der Waals surface area (Å²) in [6.07, 6.45) is 0.959. The van der Waals surface area contributed by atoms with Gasteiger partial charge in [0.1, 0.15) is 0 Å². The first-order valence-corrected chi connectivity index (χ1v) is 7.67. The van der Waals surface area contributed by atoms with Crippen LogP contribution in [0.3, 0.4) is 0 Å². The summed E-state index contributed by atoms with van der Waals surface area (Å²) in [7, 11) is 0. The van der Waals surface area contributed by atoms with Crippen molar-refractivity contribution in [2.24, 2.45) is 0 Å². The summed E-state index contributed by atoms with van der Waals surface area (Å²) in [5, 5.41) is 11.0. The molecule has 21 heavy (non-hydrogen) atoms. The van der Waals surface area contributed by atoms with E-state index in [1.54, 1.807) is 0 Å². The maximum atomic E-state index is 11.9. The lowest BCUT2D eigenvalue weighted by molar-refractivity contribution is 0.128. The number of hydrogen-bond acceptors (Lipinski definition) is 5. The number of amides is 2. The van der Waals surface area contributed by atoms with Gasteiger partial charge in [-0.15, -0.1) is 10.2 Å². The second-order valence-electron chi connectivity index (χ2n) is 5.68. The minimum absolute atomic E-state index is 0.0383. The van der Waals surface area contributed by atoms with Crippen LogP contribution in [0.25, 0.3) is 0 Å². The average molecular weight is 295 g/mol. The van der Waals surface area contributed by atoms with Crippen LogP contribution >= 0.6 is 0 Å². The fraction of sp³-hybridized carbons (Fsp3) is 0.786. The Morgan fingerprint density at radius 3 is 2.57 bits per heavy atom. The lowest BCUT2D eigenvalue weighted by Crippen LogP contribution is -2.51. The quantitative estimate of drug-likeness (QED) is 0.889. The Morgan fingerprint density at radius 2 is 2.00 bits per heavy atom. The molecule has 0 radical (unpaired) electrons. The van der Waals surface area contributed by atoms with E-state index in [0.717, 1.165) is 39.1 Å². The molecule has 1 aliphatic heterocycles. The molecule has 0 saturated carbocycles. The minimum atomic E-state index is 0.0383. The topological polar surface area (TPSA) is 74.5 Å². The Morgan fingerprint density at radius 1 is 1.29 bits per heavy atom.